The molecule has 0 bridgehead atoms. The Balaban J connectivity index is 1.77. The highest BCUT2D eigenvalue weighted by atomic mass is 32.1. The summed E-state index contributed by atoms with van der Waals surface area (Å²) in [7, 11) is 2.03. The minimum absolute atomic E-state index is 0.766. The second-order valence-electron chi connectivity index (χ2n) is 5.78. The van der Waals surface area contributed by atoms with Gasteiger partial charge in [-0.15, -0.1) is 11.3 Å². The lowest BCUT2D eigenvalue weighted by atomic mass is 10.00. The van der Waals surface area contributed by atoms with Gasteiger partial charge in [0, 0.05) is 30.4 Å². The van der Waals surface area contributed by atoms with Gasteiger partial charge in [0.25, 0.3) is 0 Å². The predicted molar refractivity (Wildman–Crippen MR) is 77.5 cm³/mol. The van der Waals surface area contributed by atoms with E-state index in [4.69, 9.17) is 4.98 Å². The van der Waals surface area contributed by atoms with Crippen LogP contribution in [0.2, 0.25) is 0 Å². The molecule has 0 amide bonds. The van der Waals surface area contributed by atoms with Crippen molar-refractivity contribution in [3.05, 3.63) is 10.6 Å². The molecule has 18 heavy (non-hydrogen) atoms. The smallest absolute Gasteiger partial charge is 0.185 e. The number of hydrogen-bond acceptors (Lipinski definition) is 4. The van der Waals surface area contributed by atoms with E-state index in [1.807, 2.05) is 18.4 Å². The normalized spacial score (nSPS) is 21.6. The van der Waals surface area contributed by atoms with Gasteiger partial charge in [0.1, 0.15) is 0 Å². The molecule has 0 aromatic carbocycles. The summed E-state index contributed by atoms with van der Waals surface area (Å²) in [6, 6.07) is 0. The number of nitrogens with one attached hydrogen (secondary N) is 1. The third-order valence-corrected chi connectivity index (χ3v) is 5.20. The largest absolute Gasteiger partial charge is 0.348 e. The summed E-state index contributed by atoms with van der Waals surface area (Å²) in [5.74, 6) is 1.66. The number of thiazole rings is 1. The van der Waals surface area contributed by atoms with Crippen LogP contribution in [0.15, 0.2) is 0 Å². The molecular formula is C14H23N3S. The van der Waals surface area contributed by atoms with Crippen molar-refractivity contribution in [1.82, 2.24) is 10.3 Å². The first kappa shape index (κ1) is 12.4. The number of rotatable bonds is 4. The maximum Gasteiger partial charge on any atom is 0.185 e. The fourth-order valence-electron chi connectivity index (χ4n) is 2.65. The summed E-state index contributed by atoms with van der Waals surface area (Å²) < 4.78 is 0. The van der Waals surface area contributed by atoms with Gasteiger partial charge in [-0.1, -0.05) is 6.92 Å². The average molecular weight is 265 g/mol. The second kappa shape index (κ2) is 5.17. The highest BCUT2D eigenvalue weighted by Gasteiger charge is 2.30. The monoisotopic (exact) mass is 265 g/mol. The van der Waals surface area contributed by atoms with Gasteiger partial charge in [0.05, 0.1) is 5.69 Å². The second-order valence-corrected chi connectivity index (χ2v) is 6.84. The molecule has 1 saturated carbocycles. The van der Waals surface area contributed by atoms with Crippen molar-refractivity contribution in [3.63, 3.8) is 0 Å². The molecule has 0 spiro atoms. The molecule has 1 aromatic heterocycles. The van der Waals surface area contributed by atoms with Crippen LogP contribution >= 0.6 is 11.3 Å². The maximum absolute atomic E-state index is 4.94. The van der Waals surface area contributed by atoms with Crippen LogP contribution in [0.4, 0.5) is 5.13 Å². The van der Waals surface area contributed by atoms with Crippen molar-refractivity contribution in [2.75, 3.05) is 25.0 Å². The Bertz CT molecular complexity index is 403. The number of piperidine rings is 1. The highest BCUT2D eigenvalue weighted by molar-refractivity contribution is 7.15. The molecule has 2 fully saturated rings. The van der Waals surface area contributed by atoms with Crippen LogP contribution in [0.25, 0.3) is 0 Å². The summed E-state index contributed by atoms with van der Waals surface area (Å²) in [5.41, 5.74) is 1.39. The maximum atomic E-state index is 4.94. The van der Waals surface area contributed by atoms with Crippen molar-refractivity contribution >= 4 is 16.5 Å². The number of nitrogens with zero attached hydrogens (tertiary/aromatic N) is 2. The van der Waals surface area contributed by atoms with E-state index in [2.05, 4.69) is 17.1 Å². The first-order chi connectivity index (χ1) is 8.78. The van der Waals surface area contributed by atoms with Crippen LogP contribution in [-0.4, -0.2) is 25.1 Å². The quantitative estimate of drug-likeness (QED) is 0.907. The first-order valence-corrected chi connectivity index (χ1v) is 7.98. The van der Waals surface area contributed by atoms with Crippen molar-refractivity contribution < 1.29 is 0 Å². The molecule has 0 atom stereocenters. The Kier molecular flexibility index (Phi) is 3.57. The van der Waals surface area contributed by atoms with Crippen molar-refractivity contribution in [3.8, 4) is 0 Å². The molecule has 2 aliphatic rings. The molecule has 1 aromatic rings. The molecule has 3 rings (SSSR count). The summed E-state index contributed by atoms with van der Waals surface area (Å²) in [4.78, 5) is 8.91. The predicted octanol–water partition coefficient (Wildman–Crippen LogP) is 2.98. The van der Waals surface area contributed by atoms with E-state index in [1.54, 1.807) is 0 Å². The lowest BCUT2D eigenvalue weighted by Crippen LogP contribution is -2.32. The standard InChI is InChI=1S/C14H23N3S/c1-10-5-7-17(8-6-10)14-16-13(11-3-4-11)12(18-14)9-15-2/h10-11,15H,3-9H2,1-2H3. The molecule has 4 heteroatoms. The van der Waals surface area contributed by atoms with Crippen molar-refractivity contribution in [2.45, 2.75) is 45.1 Å². The van der Waals surface area contributed by atoms with Crippen LogP contribution in [0, 0.1) is 5.92 Å². The van der Waals surface area contributed by atoms with Crippen molar-refractivity contribution in [1.29, 1.82) is 0 Å². The first-order valence-electron chi connectivity index (χ1n) is 7.17. The molecule has 0 unspecified atom stereocenters. The summed E-state index contributed by atoms with van der Waals surface area (Å²) in [6.45, 7) is 5.73. The van der Waals surface area contributed by atoms with Gasteiger partial charge in [-0.3, -0.25) is 0 Å². The van der Waals surface area contributed by atoms with Crippen LogP contribution in [0.1, 0.15) is 49.1 Å². The number of anilines is 1. The average Bonchev–Trinajstić information content (AvgIpc) is 3.13. The van der Waals surface area contributed by atoms with E-state index < -0.39 is 0 Å². The van der Waals surface area contributed by atoms with E-state index in [0.29, 0.717) is 0 Å². The molecule has 1 aliphatic heterocycles. The Morgan fingerprint density at radius 1 is 1.28 bits per heavy atom. The molecule has 1 saturated heterocycles. The van der Waals surface area contributed by atoms with Gasteiger partial charge in [0.15, 0.2) is 5.13 Å². The van der Waals surface area contributed by atoms with Gasteiger partial charge >= 0.3 is 0 Å². The van der Waals surface area contributed by atoms with Gasteiger partial charge in [-0.25, -0.2) is 4.98 Å². The topological polar surface area (TPSA) is 28.2 Å². The summed E-state index contributed by atoms with van der Waals surface area (Å²) >= 11 is 1.91. The summed E-state index contributed by atoms with van der Waals surface area (Å²) in [5, 5.41) is 4.55. The zero-order valence-electron chi connectivity index (χ0n) is 11.4. The molecule has 100 valence electrons. The Hall–Kier alpha value is -0.610. The third kappa shape index (κ3) is 2.54. The van der Waals surface area contributed by atoms with E-state index in [1.165, 1.54) is 54.5 Å². The van der Waals surface area contributed by atoms with E-state index >= 15 is 0 Å². The van der Waals surface area contributed by atoms with Crippen LogP contribution in [-0.2, 0) is 6.54 Å². The fourth-order valence-corrected chi connectivity index (χ4v) is 3.86. The lowest BCUT2D eigenvalue weighted by Gasteiger charge is -2.29. The van der Waals surface area contributed by atoms with E-state index in [9.17, 15) is 0 Å². The van der Waals surface area contributed by atoms with Crippen LogP contribution in [0.3, 0.4) is 0 Å². The lowest BCUT2D eigenvalue weighted by molar-refractivity contribution is 0.438. The van der Waals surface area contributed by atoms with Crippen LogP contribution in [0.5, 0.6) is 0 Å². The SMILES string of the molecule is CNCc1sc(N2CCC(C)CC2)nc1C1CC1. The summed E-state index contributed by atoms with van der Waals surface area (Å²) in [6.07, 6.45) is 5.33. The molecule has 3 nitrogen and oxygen atoms in total. The minimum Gasteiger partial charge on any atom is -0.348 e. The van der Waals surface area contributed by atoms with E-state index in [0.717, 1.165) is 18.4 Å². The zero-order valence-corrected chi connectivity index (χ0v) is 12.2. The van der Waals surface area contributed by atoms with E-state index in [-0.39, 0.29) is 0 Å². The highest BCUT2D eigenvalue weighted by Crippen LogP contribution is 2.44. The molecule has 2 heterocycles. The fraction of sp³-hybridized carbons (Fsp3) is 0.786. The third-order valence-electron chi connectivity index (χ3n) is 4.07. The zero-order chi connectivity index (χ0) is 12.5. The van der Waals surface area contributed by atoms with Gasteiger partial charge in [-0.05, 0) is 38.6 Å². The number of hydrogen-bond donors (Lipinski definition) is 1. The molecule has 1 aliphatic carbocycles. The minimum atomic E-state index is 0.766. The molecule has 0 radical (unpaired) electrons. The van der Waals surface area contributed by atoms with Gasteiger partial charge in [-0.2, -0.15) is 0 Å². The molecule has 1 N–H and O–H groups in total. The molecular weight excluding hydrogens is 242 g/mol. The van der Waals surface area contributed by atoms with Crippen molar-refractivity contribution in [2.24, 2.45) is 5.92 Å². The Morgan fingerprint density at radius 2 is 2.00 bits per heavy atom. The van der Waals surface area contributed by atoms with Gasteiger partial charge in [0.2, 0.25) is 0 Å². The van der Waals surface area contributed by atoms with Gasteiger partial charge < -0.3 is 10.2 Å². The Morgan fingerprint density at radius 3 is 2.61 bits per heavy atom. The number of aromatic nitrogens is 1. The Labute approximate surface area is 114 Å². The van der Waals surface area contributed by atoms with Crippen LogP contribution < -0.4 is 10.2 Å².